The molecule has 8 heteroatoms. The summed E-state index contributed by atoms with van der Waals surface area (Å²) in [4.78, 5) is 31.5. The van der Waals surface area contributed by atoms with Crippen LogP contribution in [0.25, 0.3) is 10.9 Å². The molecule has 3 aliphatic heterocycles. The summed E-state index contributed by atoms with van der Waals surface area (Å²) in [6, 6.07) is 11.9. The molecule has 4 heterocycles. The van der Waals surface area contributed by atoms with Gasteiger partial charge < -0.3 is 24.7 Å². The third-order valence-corrected chi connectivity index (χ3v) is 6.48. The number of H-pyrrole nitrogens is 1. The smallest absolute Gasteiger partial charge is 0.247 e. The van der Waals surface area contributed by atoms with E-state index in [0.29, 0.717) is 17.9 Å². The van der Waals surface area contributed by atoms with E-state index in [1.165, 1.54) is 0 Å². The maximum atomic E-state index is 13.3. The van der Waals surface area contributed by atoms with E-state index in [1.54, 1.807) is 4.90 Å². The van der Waals surface area contributed by atoms with Crippen molar-refractivity contribution < 1.29 is 19.1 Å². The maximum absolute atomic E-state index is 13.3. The molecule has 3 aromatic rings. The van der Waals surface area contributed by atoms with Crippen LogP contribution < -0.4 is 14.8 Å². The fourth-order valence-corrected chi connectivity index (χ4v) is 5.02. The van der Waals surface area contributed by atoms with E-state index in [2.05, 4.69) is 10.3 Å². The fourth-order valence-electron chi connectivity index (χ4n) is 4.81. The molecule has 3 aliphatic rings. The first-order chi connectivity index (χ1) is 14.7. The first-order valence-corrected chi connectivity index (χ1v) is 10.4. The number of ether oxygens (including phenoxy) is 2. The fraction of sp³-hybridized carbons (Fsp3) is 0.273. The van der Waals surface area contributed by atoms with Crippen LogP contribution in [0.15, 0.2) is 42.5 Å². The van der Waals surface area contributed by atoms with E-state index >= 15 is 0 Å². The van der Waals surface area contributed by atoms with Crippen LogP contribution in [0.4, 0.5) is 0 Å². The van der Waals surface area contributed by atoms with Gasteiger partial charge in [-0.05, 0) is 29.3 Å². The SMILES string of the molecule is O=C1N[C@@H](CCl)C(=O)N2[C@H](c3ccc4c(c3)OCO4)c3[nH]c4ccccc4c3C[C@H]12. The third-order valence-electron chi connectivity index (χ3n) is 6.17. The average molecular weight is 424 g/mol. The standard InChI is InChI=1S/C22H18ClN3O4/c23-9-15-22(28)26-16(21(27)25-15)8-13-12-3-1-2-4-14(12)24-19(13)20(26)11-5-6-17-18(7-11)30-10-29-17/h1-7,15-16,20,24H,8-10H2,(H,25,27)/t15-,16+,20+/m0/s1. The predicted molar refractivity (Wildman–Crippen MR) is 110 cm³/mol. The molecule has 3 atom stereocenters. The van der Waals surface area contributed by atoms with Crippen molar-refractivity contribution in [3.8, 4) is 11.5 Å². The number of hydrogen-bond acceptors (Lipinski definition) is 4. The molecule has 0 aliphatic carbocycles. The van der Waals surface area contributed by atoms with Crippen molar-refractivity contribution >= 4 is 34.3 Å². The molecule has 2 aromatic carbocycles. The highest BCUT2D eigenvalue weighted by atomic mass is 35.5. The van der Waals surface area contributed by atoms with Gasteiger partial charge in [0.1, 0.15) is 12.1 Å². The van der Waals surface area contributed by atoms with Gasteiger partial charge in [-0.15, -0.1) is 11.6 Å². The largest absolute Gasteiger partial charge is 0.454 e. The van der Waals surface area contributed by atoms with Crippen LogP contribution in [-0.2, 0) is 16.0 Å². The van der Waals surface area contributed by atoms with Crippen molar-refractivity contribution in [2.75, 3.05) is 12.7 Å². The number of aromatic nitrogens is 1. The van der Waals surface area contributed by atoms with Gasteiger partial charge in [0, 0.05) is 23.0 Å². The zero-order valence-electron chi connectivity index (χ0n) is 15.9. The van der Waals surface area contributed by atoms with Crippen molar-refractivity contribution in [1.82, 2.24) is 15.2 Å². The number of hydrogen-bond donors (Lipinski definition) is 2. The molecule has 0 saturated carbocycles. The number of alkyl halides is 1. The molecule has 30 heavy (non-hydrogen) atoms. The van der Waals surface area contributed by atoms with Crippen molar-refractivity contribution in [3.63, 3.8) is 0 Å². The molecule has 2 N–H and O–H groups in total. The second-order valence-electron chi connectivity index (χ2n) is 7.76. The zero-order valence-corrected chi connectivity index (χ0v) is 16.6. The van der Waals surface area contributed by atoms with E-state index in [1.807, 2.05) is 42.5 Å². The minimum Gasteiger partial charge on any atom is -0.454 e. The van der Waals surface area contributed by atoms with Crippen LogP contribution in [0.2, 0.25) is 0 Å². The number of benzene rings is 2. The summed E-state index contributed by atoms with van der Waals surface area (Å²) in [6.45, 7) is 0.170. The monoisotopic (exact) mass is 423 g/mol. The highest BCUT2D eigenvalue weighted by molar-refractivity contribution is 6.20. The molecular formula is C22H18ClN3O4. The first-order valence-electron chi connectivity index (χ1n) is 9.83. The lowest BCUT2D eigenvalue weighted by Crippen LogP contribution is -2.66. The quantitative estimate of drug-likeness (QED) is 0.620. The predicted octanol–water partition coefficient (Wildman–Crippen LogP) is 2.48. The molecule has 1 saturated heterocycles. The van der Waals surface area contributed by atoms with E-state index in [-0.39, 0.29) is 24.5 Å². The minimum absolute atomic E-state index is 0.0290. The van der Waals surface area contributed by atoms with Gasteiger partial charge in [0.25, 0.3) is 0 Å². The summed E-state index contributed by atoms with van der Waals surface area (Å²) in [6.07, 6.45) is 0.451. The Labute approximate surface area is 176 Å². The van der Waals surface area contributed by atoms with Gasteiger partial charge in [0.15, 0.2) is 11.5 Å². The summed E-state index contributed by atoms with van der Waals surface area (Å²) < 4.78 is 11.0. The van der Waals surface area contributed by atoms with Gasteiger partial charge in [0.05, 0.1) is 11.9 Å². The second kappa shape index (κ2) is 6.40. The molecule has 0 bridgehead atoms. The number of carbonyl (C=O) groups excluding carboxylic acids is 2. The van der Waals surface area contributed by atoms with Crippen LogP contribution in [0.5, 0.6) is 11.5 Å². The van der Waals surface area contributed by atoms with Gasteiger partial charge in [-0.3, -0.25) is 9.59 Å². The molecule has 1 aromatic heterocycles. The molecule has 1 fully saturated rings. The van der Waals surface area contributed by atoms with Crippen molar-refractivity contribution in [1.29, 1.82) is 0 Å². The number of para-hydroxylation sites is 1. The van der Waals surface area contributed by atoms with Gasteiger partial charge in [-0.25, -0.2) is 0 Å². The van der Waals surface area contributed by atoms with Crippen molar-refractivity contribution in [2.45, 2.75) is 24.5 Å². The lowest BCUT2D eigenvalue weighted by atomic mass is 9.85. The van der Waals surface area contributed by atoms with Crippen molar-refractivity contribution in [3.05, 3.63) is 59.3 Å². The number of carbonyl (C=O) groups is 2. The first kappa shape index (κ1) is 17.7. The van der Waals surface area contributed by atoms with E-state index in [0.717, 1.165) is 27.7 Å². The molecule has 152 valence electrons. The number of nitrogens with zero attached hydrogens (tertiary/aromatic N) is 1. The molecule has 0 radical (unpaired) electrons. The summed E-state index contributed by atoms with van der Waals surface area (Å²) >= 11 is 6.00. The molecule has 7 nitrogen and oxygen atoms in total. The van der Waals surface area contributed by atoms with Gasteiger partial charge >= 0.3 is 0 Å². The Kier molecular flexibility index (Phi) is 3.77. The lowest BCUT2D eigenvalue weighted by molar-refractivity contribution is -0.151. The van der Waals surface area contributed by atoms with Gasteiger partial charge in [-0.2, -0.15) is 0 Å². The average Bonchev–Trinajstić information content (AvgIpc) is 3.38. The Morgan fingerprint density at radius 3 is 2.80 bits per heavy atom. The molecule has 6 rings (SSSR count). The summed E-state index contributed by atoms with van der Waals surface area (Å²) in [5.74, 6) is 0.976. The van der Waals surface area contributed by atoms with Crippen LogP contribution in [0.1, 0.15) is 22.9 Å². The van der Waals surface area contributed by atoms with Crippen molar-refractivity contribution in [2.24, 2.45) is 0 Å². The van der Waals surface area contributed by atoms with E-state index < -0.39 is 18.1 Å². The maximum Gasteiger partial charge on any atom is 0.247 e. The number of amides is 2. The Morgan fingerprint density at radius 2 is 1.93 bits per heavy atom. The molecule has 0 spiro atoms. The third kappa shape index (κ3) is 2.38. The summed E-state index contributed by atoms with van der Waals surface area (Å²) in [7, 11) is 0. The minimum atomic E-state index is -0.738. The second-order valence-corrected chi connectivity index (χ2v) is 8.07. The zero-order chi connectivity index (χ0) is 20.4. The van der Waals surface area contributed by atoms with Gasteiger partial charge in [-0.1, -0.05) is 24.3 Å². The molecule has 2 amide bonds. The summed E-state index contributed by atoms with van der Waals surface area (Å²) in [5.41, 5.74) is 3.81. The van der Waals surface area contributed by atoms with Gasteiger partial charge in [0.2, 0.25) is 18.6 Å². The number of aromatic amines is 1. The lowest BCUT2D eigenvalue weighted by Gasteiger charge is -2.46. The highest BCUT2D eigenvalue weighted by Crippen LogP contribution is 2.44. The normalized spacial score (nSPS) is 24.6. The Bertz CT molecular complexity index is 1210. The topological polar surface area (TPSA) is 83.7 Å². The number of rotatable bonds is 2. The number of halogens is 1. The van der Waals surface area contributed by atoms with Crippen LogP contribution in [-0.4, -0.2) is 46.5 Å². The summed E-state index contributed by atoms with van der Waals surface area (Å²) in [5, 5.41) is 3.85. The molecular weight excluding hydrogens is 406 g/mol. The Balaban J connectivity index is 1.58. The number of nitrogens with one attached hydrogen (secondary N) is 2. The Hall–Kier alpha value is -3.19. The number of piperazine rings is 1. The van der Waals surface area contributed by atoms with Crippen LogP contribution in [0, 0.1) is 0 Å². The molecule has 0 unspecified atom stereocenters. The van der Waals surface area contributed by atoms with Crippen LogP contribution >= 0.6 is 11.6 Å². The Morgan fingerprint density at radius 1 is 1.10 bits per heavy atom. The van der Waals surface area contributed by atoms with Crippen LogP contribution in [0.3, 0.4) is 0 Å². The van der Waals surface area contributed by atoms with E-state index in [4.69, 9.17) is 21.1 Å². The number of fused-ring (bicyclic) bond motifs is 5. The van der Waals surface area contributed by atoms with E-state index in [9.17, 15) is 9.59 Å². The highest BCUT2D eigenvalue weighted by Gasteiger charge is 2.49.